The van der Waals surface area contributed by atoms with E-state index in [1.165, 1.54) is 0 Å². The maximum Gasteiger partial charge on any atom is 0.193 e. The van der Waals surface area contributed by atoms with Gasteiger partial charge in [0.2, 0.25) is 0 Å². The minimum Gasteiger partial charge on any atom is -0.353 e. The van der Waals surface area contributed by atoms with Gasteiger partial charge in [-0.15, -0.1) is 30.6 Å². The van der Waals surface area contributed by atoms with Crippen molar-refractivity contribution >= 4 is 41.5 Å². The van der Waals surface area contributed by atoms with Gasteiger partial charge in [0.15, 0.2) is 5.96 Å². The van der Waals surface area contributed by atoms with E-state index in [4.69, 9.17) is 11.6 Å². The second-order valence-corrected chi connectivity index (χ2v) is 4.14. The van der Waals surface area contributed by atoms with Crippen molar-refractivity contribution in [3.63, 3.8) is 0 Å². The van der Waals surface area contributed by atoms with Crippen LogP contribution in [0.3, 0.4) is 0 Å². The largest absolute Gasteiger partial charge is 0.353 e. The number of rotatable bonds is 4. The van der Waals surface area contributed by atoms with Gasteiger partial charge in [-0.1, -0.05) is 29.8 Å². The molecule has 0 aliphatic heterocycles. The Bertz CT molecular complexity index is 407. The fraction of sp³-hybridized carbons (Fsp3) is 0.308. The van der Waals surface area contributed by atoms with Gasteiger partial charge in [-0.05, 0) is 17.7 Å². The first-order valence-corrected chi connectivity index (χ1v) is 5.82. The lowest BCUT2D eigenvalue weighted by molar-refractivity contribution is 0.480. The lowest BCUT2D eigenvalue weighted by atomic mass is 10.2. The Balaban J connectivity index is 0.00000289. The number of halogens is 2. The topological polar surface area (TPSA) is 27.6 Å². The van der Waals surface area contributed by atoms with E-state index in [0.29, 0.717) is 6.54 Å². The third-order valence-corrected chi connectivity index (χ3v) is 2.52. The van der Waals surface area contributed by atoms with Crippen LogP contribution in [0.1, 0.15) is 5.56 Å². The van der Waals surface area contributed by atoms with Crippen molar-refractivity contribution in [1.82, 2.24) is 10.2 Å². The van der Waals surface area contributed by atoms with Crippen molar-refractivity contribution in [2.75, 3.05) is 20.6 Å². The molecule has 0 fully saturated rings. The van der Waals surface area contributed by atoms with Gasteiger partial charge in [0.25, 0.3) is 0 Å². The molecule has 1 rings (SSSR count). The lowest BCUT2D eigenvalue weighted by Crippen LogP contribution is -2.38. The lowest BCUT2D eigenvalue weighted by Gasteiger charge is -2.21. The summed E-state index contributed by atoms with van der Waals surface area (Å²) in [6.07, 6.45) is 1.80. The molecule has 0 saturated heterocycles. The molecule has 0 unspecified atom stereocenters. The molecule has 0 aliphatic carbocycles. The monoisotopic (exact) mass is 379 g/mol. The molecule has 0 saturated carbocycles. The van der Waals surface area contributed by atoms with Crippen molar-refractivity contribution in [3.8, 4) is 0 Å². The predicted octanol–water partition coefficient (Wildman–Crippen LogP) is 3.15. The van der Waals surface area contributed by atoms with Crippen LogP contribution in [-0.4, -0.2) is 31.5 Å². The molecule has 1 N–H and O–H groups in total. The smallest absolute Gasteiger partial charge is 0.193 e. The van der Waals surface area contributed by atoms with Gasteiger partial charge in [0.1, 0.15) is 0 Å². The molecule has 1 aromatic rings. The Hall–Kier alpha value is -0.750. The van der Waals surface area contributed by atoms with Gasteiger partial charge in [-0.3, -0.25) is 4.99 Å². The highest BCUT2D eigenvalue weighted by Crippen LogP contribution is 2.12. The molecule has 0 radical (unpaired) electrons. The Morgan fingerprint density at radius 3 is 2.83 bits per heavy atom. The third kappa shape index (κ3) is 5.73. The van der Waals surface area contributed by atoms with Gasteiger partial charge in [0.05, 0.1) is 0 Å². The fourth-order valence-electron chi connectivity index (χ4n) is 1.53. The molecular formula is C13H19ClIN3. The molecule has 5 heteroatoms. The average molecular weight is 380 g/mol. The number of nitrogens with zero attached hydrogens (tertiary/aromatic N) is 2. The molecular weight excluding hydrogens is 361 g/mol. The Morgan fingerprint density at radius 2 is 2.28 bits per heavy atom. The van der Waals surface area contributed by atoms with Crippen LogP contribution in [0.25, 0.3) is 0 Å². The van der Waals surface area contributed by atoms with Gasteiger partial charge in [-0.2, -0.15) is 0 Å². The number of hydrogen-bond acceptors (Lipinski definition) is 1. The molecule has 1 aromatic carbocycles. The van der Waals surface area contributed by atoms with Crippen LogP contribution in [0.5, 0.6) is 0 Å². The molecule has 100 valence electrons. The van der Waals surface area contributed by atoms with Crippen molar-refractivity contribution < 1.29 is 0 Å². The first kappa shape index (κ1) is 17.2. The molecule has 18 heavy (non-hydrogen) atoms. The van der Waals surface area contributed by atoms with E-state index in [-0.39, 0.29) is 24.0 Å². The van der Waals surface area contributed by atoms with Crippen LogP contribution in [0.4, 0.5) is 0 Å². The maximum absolute atomic E-state index is 5.95. The first-order chi connectivity index (χ1) is 8.17. The van der Waals surface area contributed by atoms with E-state index in [2.05, 4.69) is 16.9 Å². The highest BCUT2D eigenvalue weighted by molar-refractivity contribution is 14.0. The van der Waals surface area contributed by atoms with Crippen molar-refractivity contribution in [2.24, 2.45) is 4.99 Å². The zero-order valence-corrected chi connectivity index (χ0v) is 13.8. The van der Waals surface area contributed by atoms with Crippen LogP contribution < -0.4 is 5.32 Å². The standard InChI is InChI=1S/C13H18ClN3.HI/c1-4-8-16-13(15-2)17(3)10-11-6-5-7-12(14)9-11;/h4-7,9H,1,8,10H2,2-3H3,(H,15,16);1H. The molecule has 0 spiro atoms. The maximum atomic E-state index is 5.95. The summed E-state index contributed by atoms with van der Waals surface area (Å²) in [6.45, 7) is 5.13. The average Bonchev–Trinajstić information content (AvgIpc) is 2.30. The minimum absolute atomic E-state index is 0. The summed E-state index contributed by atoms with van der Waals surface area (Å²) in [4.78, 5) is 6.23. The third-order valence-electron chi connectivity index (χ3n) is 2.29. The van der Waals surface area contributed by atoms with E-state index in [0.717, 1.165) is 23.1 Å². The number of aliphatic imine (C=N–C) groups is 1. The second-order valence-electron chi connectivity index (χ2n) is 3.70. The van der Waals surface area contributed by atoms with E-state index < -0.39 is 0 Å². The molecule has 0 aliphatic rings. The summed E-state index contributed by atoms with van der Waals surface area (Å²) in [7, 11) is 3.75. The van der Waals surface area contributed by atoms with Crippen LogP contribution in [-0.2, 0) is 6.54 Å². The van der Waals surface area contributed by atoms with Gasteiger partial charge >= 0.3 is 0 Å². The molecule has 0 aromatic heterocycles. The van der Waals surface area contributed by atoms with E-state index in [9.17, 15) is 0 Å². The van der Waals surface area contributed by atoms with E-state index >= 15 is 0 Å². The zero-order chi connectivity index (χ0) is 12.7. The zero-order valence-electron chi connectivity index (χ0n) is 10.7. The highest BCUT2D eigenvalue weighted by Gasteiger charge is 2.05. The fourth-order valence-corrected chi connectivity index (χ4v) is 1.75. The number of nitrogens with one attached hydrogen (secondary N) is 1. The molecule has 0 amide bonds. The van der Waals surface area contributed by atoms with Crippen LogP contribution in [0, 0.1) is 0 Å². The Labute approximate surface area is 131 Å². The number of guanidine groups is 1. The molecule has 0 bridgehead atoms. The minimum atomic E-state index is 0. The molecule has 0 atom stereocenters. The SMILES string of the molecule is C=CCNC(=NC)N(C)Cc1cccc(Cl)c1.I. The summed E-state index contributed by atoms with van der Waals surface area (Å²) in [6, 6.07) is 7.82. The van der Waals surface area contributed by atoms with Crippen molar-refractivity contribution in [3.05, 3.63) is 47.5 Å². The number of hydrogen-bond donors (Lipinski definition) is 1. The van der Waals surface area contributed by atoms with E-state index in [1.807, 2.05) is 36.2 Å². The normalized spacial score (nSPS) is 10.5. The summed E-state index contributed by atoms with van der Waals surface area (Å²) in [5.74, 6) is 0.838. The quantitative estimate of drug-likeness (QED) is 0.377. The summed E-state index contributed by atoms with van der Waals surface area (Å²) >= 11 is 5.95. The number of benzene rings is 1. The second kappa shape index (κ2) is 9.22. The first-order valence-electron chi connectivity index (χ1n) is 5.44. The van der Waals surface area contributed by atoms with Crippen LogP contribution in [0.15, 0.2) is 41.9 Å². The summed E-state index contributed by atoms with van der Waals surface area (Å²) in [5.41, 5.74) is 1.15. The van der Waals surface area contributed by atoms with Crippen molar-refractivity contribution in [1.29, 1.82) is 0 Å². The van der Waals surface area contributed by atoms with E-state index in [1.54, 1.807) is 13.1 Å². The van der Waals surface area contributed by atoms with Gasteiger partial charge in [0, 0.05) is 32.2 Å². The molecule has 0 heterocycles. The molecule has 3 nitrogen and oxygen atoms in total. The summed E-state index contributed by atoms with van der Waals surface area (Å²) in [5, 5.41) is 3.93. The highest BCUT2D eigenvalue weighted by atomic mass is 127. The Morgan fingerprint density at radius 1 is 1.56 bits per heavy atom. The van der Waals surface area contributed by atoms with Gasteiger partial charge < -0.3 is 10.2 Å². The van der Waals surface area contributed by atoms with Crippen molar-refractivity contribution in [2.45, 2.75) is 6.54 Å². The van der Waals surface area contributed by atoms with Gasteiger partial charge in [-0.25, -0.2) is 0 Å². The van der Waals surface area contributed by atoms with Crippen LogP contribution >= 0.6 is 35.6 Å². The predicted molar refractivity (Wildman–Crippen MR) is 89.9 cm³/mol. The van der Waals surface area contributed by atoms with Crippen LogP contribution in [0.2, 0.25) is 5.02 Å². The Kier molecular flexibility index (Phi) is 8.83. The summed E-state index contributed by atoms with van der Waals surface area (Å²) < 4.78 is 0.